The minimum Gasteiger partial charge on any atom is -0.480 e. The van der Waals surface area contributed by atoms with Gasteiger partial charge in [-0.1, -0.05) is 36.4 Å². The van der Waals surface area contributed by atoms with Crippen LogP contribution in [0.4, 0.5) is 0 Å². The molecular formula is C23H22N4O6. The van der Waals surface area contributed by atoms with Crippen LogP contribution in [-0.4, -0.2) is 61.5 Å². The zero-order chi connectivity index (χ0) is 24.1. The Bertz CT molecular complexity index is 1200. The maximum Gasteiger partial charge on any atom is 0.332 e. The zero-order valence-electron chi connectivity index (χ0n) is 17.6. The first-order valence-corrected chi connectivity index (χ1v) is 9.92. The van der Waals surface area contributed by atoms with E-state index >= 15 is 0 Å². The number of aromatic nitrogens is 2. The molecular weight excluding hydrogens is 428 g/mol. The minimum atomic E-state index is -1.62. The van der Waals surface area contributed by atoms with Crippen LogP contribution in [0.1, 0.15) is 28.0 Å². The Labute approximate surface area is 188 Å². The lowest BCUT2D eigenvalue weighted by Crippen LogP contribution is -2.29. The van der Waals surface area contributed by atoms with Crippen LogP contribution in [-0.2, 0) is 9.59 Å². The van der Waals surface area contributed by atoms with Crippen LogP contribution in [0.25, 0.3) is 22.6 Å². The summed E-state index contributed by atoms with van der Waals surface area (Å²) in [6.07, 6.45) is -1.91. The lowest BCUT2D eigenvalue weighted by molar-refractivity contribution is -0.146. The second kappa shape index (κ2) is 9.88. The largest absolute Gasteiger partial charge is 0.480 e. The Hall–Kier alpha value is -4.31. The fraction of sp³-hybridized carbons (Fsp3) is 0.174. The first-order valence-electron chi connectivity index (χ1n) is 9.92. The average molecular weight is 450 g/mol. The summed E-state index contributed by atoms with van der Waals surface area (Å²) >= 11 is 0. The highest BCUT2D eigenvalue weighted by atomic mass is 16.4. The van der Waals surface area contributed by atoms with Crippen molar-refractivity contribution in [2.75, 3.05) is 6.54 Å². The van der Waals surface area contributed by atoms with E-state index in [1.54, 1.807) is 48.5 Å². The second-order valence-corrected chi connectivity index (χ2v) is 7.33. The molecule has 0 spiro atoms. The van der Waals surface area contributed by atoms with E-state index in [4.69, 9.17) is 15.6 Å². The number of carbonyl (C=O) groups is 3. The average Bonchev–Trinajstić information content (AvgIpc) is 3.19. The fourth-order valence-corrected chi connectivity index (χ4v) is 3.14. The van der Waals surface area contributed by atoms with Gasteiger partial charge < -0.3 is 31.0 Å². The van der Waals surface area contributed by atoms with Crippen LogP contribution < -0.4 is 5.32 Å². The lowest BCUT2D eigenvalue weighted by Gasteiger charge is -2.07. The van der Waals surface area contributed by atoms with Crippen molar-refractivity contribution < 1.29 is 29.7 Å². The molecule has 0 saturated heterocycles. The van der Waals surface area contributed by atoms with Crippen LogP contribution >= 0.6 is 0 Å². The summed E-state index contributed by atoms with van der Waals surface area (Å²) in [5.41, 5.74) is 3.85. The van der Waals surface area contributed by atoms with Crippen LogP contribution in [0.5, 0.6) is 0 Å². The van der Waals surface area contributed by atoms with E-state index < -0.39 is 30.5 Å². The molecule has 1 aromatic heterocycles. The third-order valence-electron chi connectivity index (χ3n) is 4.89. The highest BCUT2D eigenvalue weighted by Crippen LogP contribution is 2.26. The molecule has 0 aliphatic rings. The minimum absolute atomic E-state index is 0.0141. The number of aromatic amines is 1. The summed E-state index contributed by atoms with van der Waals surface area (Å²) in [7, 11) is 0. The number of H-pyrrole nitrogens is 1. The van der Waals surface area contributed by atoms with Gasteiger partial charge in [0, 0.05) is 34.5 Å². The number of imidazole rings is 1. The highest BCUT2D eigenvalue weighted by molar-refractivity contribution is 6.00. The van der Waals surface area contributed by atoms with Crippen molar-refractivity contribution in [1.82, 2.24) is 15.3 Å². The van der Waals surface area contributed by atoms with Gasteiger partial charge in [0.05, 0.1) is 5.69 Å². The van der Waals surface area contributed by atoms with Gasteiger partial charge in [0.2, 0.25) is 0 Å². The predicted octanol–water partition coefficient (Wildman–Crippen LogP) is 2.07. The van der Waals surface area contributed by atoms with E-state index in [0.29, 0.717) is 22.6 Å². The molecule has 0 bridgehead atoms. The number of aliphatic hydroxyl groups excluding tert-OH is 1. The van der Waals surface area contributed by atoms with Crippen LogP contribution in [0.15, 0.2) is 48.5 Å². The number of hydrogen-bond acceptors (Lipinski definition) is 6. The zero-order valence-corrected chi connectivity index (χ0v) is 17.6. The van der Waals surface area contributed by atoms with E-state index in [0.717, 1.165) is 16.8 Å². The normalized spacial score (nSPS) is 11.6. The van der Waals surface area contributed by atoms with Crippen LogP contribution in [0.3, 0.4) is 0 Å². The number of hydrogen-bond donors (Lipinski definition) is 6. The van der Waals surface area contributed by atoms with Gasteiger partial charge in [-0.3, -0.25) is 9.59 Å². The number of rotatable bonds is 9. The first-order chi connectivity index (χ1) is 15.7. The number of aliphatic carboxylic acids is 2. The summed E-state index contributed by atoms with van der Waals surface area (Å²) in [6.45, 7) is 1.40. The van der Waals surface area contributed by atoms with E-state index in [1.807, 2.05) is 6.92 Å². The Balaban J connectivity index is 1.75. The van der Waals surface area contributed by atoms with E-state index in [9.17, 15) is 19.5 Å². The van der Waals surface area contributed by atoms with Crippen molar-refractivity contribution in [2.24, 2.45) is 0 Å². The summed E-state index contributed by atoms with van der Waals surface area (Å²) in [4.78, 5) is 41.1. The van der Waals surface area contributed by atoms with Gasteiger partial charge in [0.25, 0.3) is 5.91 Å². The summed E-state index contributed by atoms with van der Waals surface area (Å²) in [5, 5.41) is 37.1. The molecule has 1 unspecified atom stereocenters. The molecule has 3 aromatic rings. The van der Waals surface area contributed by atoms with Crippen molar-refractivity contribution >= 4 is 23.6 Å². The number of carboxylic acids is 2. The Morgan fingerprint density at radius 2 is 1.58 bits per heavy atom. The van der Waals surface area contributed by atoms with Crippen molar-refractivity contribution in [1.29, 1.82) is 5.41 Å². The molecule has 1 atom stereocenters. The van der Waals surface area contributed by atoms with Crippen molar-refractivity contribution in [3.63, 3.8) is 0 Å². The molecule has 170 valence electrons. The smallest absolute Gasteiger partial charge is 0.332 e. The predicted molar refractivity (Wildman–Crippen MR) is 119 cm³/mol. The Morgan fingerprint density at radius 3 is 2.15 bits per heavy atom. The second-order valence-electron chi connectivity index (χ2n) is 7.33. The molecule has 0 fully saturated rings. The van der Waals surface area contributed by atoms with Gasteiger partial charge in [-0.25, -0.2) is 9.78 Å². The summed E-state index contributed by atoms with van der Waals surface area (Å²) < 4.78 is 0. The molecule has 0 saturated carbocycles. The number of carbonyl (C=O) groups excluding carboxylic acids is 1. The monoisotopic (exact) mass is 450 g/mol. The maximum atomic E-state index is 12.0. The van der Waals surface area contributed by atoms with Crippen LogP contribution in [0.2, 0.25) is 0 Å². The van der Waals surface area contributed by atoms with E-state index in [-0.39, 0.29) is 12.1 Å². The fourth-order valence-electron chi connectivity index (χ4n) is 3.14. The third kappa shape index (κ3) is 5.69. The van der Waals surface area contributed by atoms with Crippen molar-refractivity contribution in [2.45, 2.75) is 19.4 Å². The van der Waals surface area contributed by atoms with E-state index in [2.05, 4.69) is 15.3 Å². The van der Waals surface area contributed by atoms with Crippen LogP contribution in [0, 0.1) is 12.3 Å². The van der Waals surface area contributed by atoms with Gasteiger partial charge in [-0.2, -0.15) is 0 Å². The highest BCUT2D eigenvalue weighted by Gasteiger charge is 2.17. The van der Waals surface area contributed by atoms with Gasteiger partial charge in [-0.15, -0.1) is 0 Å². The first kappa shape index (κ1) is 23.4. The Morgan fingerprint density at radius 1 is 1.00 bits per heavy atom. The molecule has 3 rings (SSSR count). The van der Waals surface area contributed by atoms with Gasteiger partial charge in [0.15, 0.2) is 6.10 Å². The van der Waals surface area contributed by atoms with E-state index in [1.165, 1.54) is 0 Å². The number of nitrogens with one attached hydrogen (secondary N) is 3. The number of benzene rings is 2. The Kier molecular flexibility index (Phi) is 6.99. The molecule has 0 aliphatic heterocycles. The SMILES string of the molecule is Cc1[nH]c(-c2ccc(C(=N)CC(O)C(=O)O)cc2)nc1-c1ccc(C(=O)NCC(=O)O)cc1. The topological polar surface area (TPSA) is 176 Å². The number of carboxylic acid groups (broad SMARTS) is 2. The quantitative estimate of drug-likeness (QED) is 0.270. The van der Waals surface area contributed by atoms with Crippen molar-refractivity contribution in [3.05, 3.63) is 65.4 Å². The molecule has 0 radical (unpaired) electrons. The molecule has 10 heteroatoms. The number of amides is 1. The van der Waals surface area contributed by atoms with Gasteiger partial charge in [0.1, 0.15) is 12.4 Å². The number of aliphatic hydroxyl groups is 1. The number of nitrogens with zero attached hydrogens (tertiary/aromatic N) is 1. The van der Waals surface area contributed by atoms with Gasteiger partial charge in [-0.05, 0) is 24.6 Å². The molecule has 6 N–H and O–H groups in total. The molecule has 0 aliphatic carbocycles. The summed E-state index contributed by atoms with van der Waals surface area (Å²) in [6, 6.07) is 13.4. The molecule has 33 heavy (non-hydrogen) atoms. The molecule has 1 amide bonds. The van der Waals surface area contributed by atoms with Gasteiger partial charge >= 0.3 is 11.9 Å². The lowest BCUT2D eigenvalue weighted by atomic mass is 10.0. The number of aryl methyl sites for hydroxylation is 1. The maximum absolute atomic E-state index is 12.0. The summed E-state index contributed by atoms with van der Waals surface area (Å²) in [5.74, 6) is -2.38. The molecule has 1 heterocycles. The molecule has 2 aromatic carbocycles. The third-order valence-corrected chi connectivity index (χ3v) is 4.89. The standard InChI is InChI=1S/C23H22N4O6/c1-12-20(14-4-8-16(9-5-14)22(31)25-11-19(29)30)27-21(26-12)15-6-2-13(3-7-15)17(24)10-18(28)23(32)33/h2-9,18,24,28H,10-11H2,1H3,(H,25,31)(H,26,27)(H,29,30)(H,32,33). The molecule has 10 nitrogen and oxygen atoms in total. The van der Waals surface area contributed by atoms with Crippen molar-refractivity contribution in [3.8, 4) is 22.6 Å².